The first-order chi connectivity index (χ1) is 8.31. The highest BCUT2D eigenvalue weighted by Gasteiger charge is 2.18. The van der Waals surface area contributed by atoms with Crippen molar-refractivity contribution in [1.29, 1.82) is 0 Å². The summed E-state index contributed by atoms with van der Waals surface area (Å²) in [6, 6.07) is 8.21. The van der Waals surface area contributed by atoms with Gasteiger partial charge < -0.3 is 10.1 Å². The number of ether oxygens (including phenoxy) is 1. The molecule has 1 rings (SSSR count). The monoisotopic (exact) mass is 249 g/mol. The van der Waals surface area contributed by atoms with Crippen molar-refractivity contribution >= 4 is 6.09 Å². The normalized spacial score (nSPS) is 12.9. The maximum Gasteiger partial charge on any atom is 0.408 e. The molecule has 0 saturated carbocycles. The zero-order valence-corrected chi connectivity index (χ0v) is 11.9. The smallest absolute Gasteiger partial charge is 0.408 e. The fourth-order valence-corrected chi connectivity index (χ4v) is 1.61. The van der Waals surface area contributed by atoms with E-state index < -0.39 is 5.60 Å². The molecule has 0 fully saturated rings. The number of alkyl carbamates (subject to hydrolysis) is 1. The van der Waals surface area contributed by atoms with Crippen LogP contribution < -0.4 is 5.32 Å². The van der Waals surface area contributed by atoms with Gasteiger partial charge in [-0.2, -0.15) is 0 Å². The van der Waals surface area contributed by atoms with E-state index in [2.05, 4.69) is 24.4 Å². The van der Waals surface area contributed by atoms with E-state index in [0.29, 0.717) is 0 Å². The minimum atomic E-state index is -0.462. The lowest BCUT2D eigenvalue weighted by molar-refractivity contribution is 0.0508. The van der Waals surface area contributed by atoms with Crippen LogP contribution in [0.3, 0.4) is 0 Å². The molecule has 18 heavy (non-hydrogen) atoms. The number of carbonyl (C=O) groups is 1. The van der Waals surface area contributed by atoms with Gasteiger partial charge in [-0.1, -0.05) is 31.2 Å². The van der Waals surface area contributed by atoms with Crippen molar-refractivity contribution in [2.75, 3.05) is 0 Å². The second-order valence-corrected chi connectivity index (χ2v) is 5.46. The largest absolute Gasteiger partial charge is 0.444 e. The number of amides is 1. The van der Waals surface area contributed by atoms with Crippen LogP contribution in [0.25, 0.3) is 0 Å². The van der Waals surface area contributed by atoms with E-state index in [9.17, 15) is 4.79 Å². The van der Waals surface area contributed by atoms with Crippen molar-refractivity contribution in [3.8, 4) is 0 Å². The third-order valence-electron chi connectivity index (χ3n) is 2.62. The summed E-state index contributed by atoms with van der Waals surface area (Å²) in [5.41, 5.74) is 1.91. The van der Waals surface area contributed by atoms with Gasteiger partial charge in [-0.05, 0) is 45.2 Å². The van der Waals surface area contributed by atoms with Crippen molar-refractivity contribution in [2.45, 2.75) is 52.7 Å². The Hall–Kier alpha value is -1.51. The molecule has 1 aromatic carbocycles. The van der Waals surface area contributed by atoms with E-state index >= 15 is 0 Å². The Bertz CT molecular complexity index is 390. The fraction of sp³-hybridized carbons (Fsp3) is 0.533. The summed E-state index contributed by atoms with van der Waals surface area (Å²) in [5.74, 6) is 0. The molecular formula is C15H23NO2. The first-order valence-corrected chi connectivity index (χ1v) is 6.40. The molecule has 1 amide bonds. The van der Waals surface area contributed by atoms with Crippen LogP contribution in [0.1, 0.15) is 51.8 Å². The Morgan fingerprint density at radius 3 is 2.28 bits per heavy atom. The van der Waals surface area contributed by atoms with E-state index in [1.54, 1.807) is 0 Å². The lowest BCUT2D eigenvalue weighted by Gasteiger charge is -2.22. The lowest BCUT2D eigenvalue weighted by atomic mass is 10.1. The minimum Gasteiger partial charge on any atom is -0.444 e. The molecule has 0 aliphatic rings. The van der Waals surface area contributed by atoms with Gasteiger partial charge in [0.05, 0.1) is 6.04 Å². The topological polar surface area (TPSA) is 38.3 Å². The van der Waals surface area contributed by atoms with Crippen molar-refractivity contribution in [2.24, 2.45) is 0 Å². The van der Waals surface area contributed by atoms with Crippen LogP contribution in [0, 0.1) is 0 Å². The molecular weight excluding hydrogens is 226 g/mol. The molecule has 1 unspecified atom stereocenters. The van der Waals surface area contributed by atoms with E-state index in [1.807, 2.05) is 39.8 Å². The Kier molecular flexibility index (Phi) is 4.76. The van der Waals surface area contributed by atoms with Crippen molar-refractivity contribution < 1.29 is 9.53 Å². The summed E-state index contributed by atoms with van der Waals surface area (Å²) in [4.78, 5) is 11.6. The summed E-state index contributed by atoms with van der Waals surface area (Å²) in [6.45, 7) is 9.64. The summed E-state index contributed by atoms with van der Waals surface area (Å²) in [6.07, 6.45) is 0.642. The predicted molar refractivity (Wildman–Crippen MR) is 73.6 cm³/mol. The van der Waals surface area contributed by atoms with Crippen LogP contribution in [0.4, 0.5) is 4.79 Å². The summed E-state index contributed by atoms with van der Waals surface area (Å²) in [5, 5.41) is 2.83. The van der Waals surface area contributed by atoms with Crippen molar-refractivity contribution in [1.82, 2.24) is 5.32 Å². The molecule has 0 heterocycles. The number of rotatable bonds is 3. The molecule has 0 bridgehead atoms. The molecule has 100 valence electrons. The maximum absolute atomic E-state index is 11.6. The Morgan fingerprint density at radius 2 is 1.83 bits per heavy atom. The number of hydrogen-bond acceptors (Lipinski definition) is 2. The van der Waals surface area contributed by atoms with E-state index in [1.165, 1.54) is 5.56 Å². The quantitative estimate of drug-likeness (QED) is 0.884. The molecule has 0 saturated heterocycles. The predicted octanol–water partition coefficient (Wildman–Crippen LogP) is 3.83. The molecule has 0 radical (unpaired) electrons. The maximum atomic E-state index is 11.6. The number of nitrogens with one attached hydrogen (secondary N) is 1. The first kappa shape index (κ1) is 14.6. The molecule has 0 aliphatic heterocycles. The molecule has 3 nitrogen and oxygen atoms in total. The number of carbonyl (C=O) groups excluding carboxylic acids is 1. The molecule has 0 aromatic heterocycles. The Balaban J connectivity index is 2.59. The third kappa shape index (κ3) is 4.78. The zero-order valence-electron chi connectivity index (χ0n) is 11.9. The van der Waals surface area contributed by atoms with Gasteiger partial charge >= 0.3 is 6.09 Å². The highest BCUT2D eigenvalue weighted by Crippen LogP contribution is 2.15. The van der Waals surface area contributed by atoms with Crippen LogP contribution >= 0.6 is 0 Å². The van der Waals surface area contributed by atoms with Crippen LogP contribution in [-0.2, 0) is 11.2 Å². The minimum absolute atomic E-state index is 0.0502. The number of hydrogen-bond donors (Lipinski definition) is 1. The van der Waals surface area contributed by atoms with Gasteiger partial charge in [0, 0.05) is 0 Å². The van der Waals surface area contributed by atoms with E-state index in [-0.39, 0.29) is 12.1 Å². The molecule has 1 aromatic rings. The van der Waals surface area contributed by atoms with Gasteiger partial charge in [-0.3, -0.25) is 0 Å². The fourth-order valence-electron chi connectivity index (χ4n) is 1.61. The SMILES string of the molecule is CCc1ccc(C(C)NC(=O)OC(C)(C)C)cc1. The average Bonchev–Trinajstić information content (AvgIpc) is 2.26. The molecule has 0 aliphatic carbocycles. The summed E-state index contributed by atoms with van der Waals surface area (Å²) >= 11 is 0. The molecule has 0 spiro atoms. The summed E-state index contributed by atoms with van der Waals surface area (Å²) in [7, 11) is 0. The van der Waals surface area contributed by atoms with Gasteiger partial charge in [0.15, 0.2) is 0 Å². The van der Waals surface area contributed by atoms with Crippen LogP contribution in [-0.4, -0.2) is 11.7 Å². The summed E-state index contributed by atoms with van der Waals surface area (Å²) < 4.78 is 5.22. The second-order valence-electron chi connectivity index (χ2n) is 5.46. The zero-order chi connectivity index (χ0) is 13.8. The van der Waals surface area contributed by atoms with Crippen molar-refractivity contribution in [3.05, 3.63) is 35.4 Å². The average molecular weight is 249 g/mol. The highest BCUT2D eigenvalue weighted by molar-refractivity contribution is 5.68. The van der Waals surface area contributed by atoms with Gasteiger partial charge in [-0.15, -0.1) is 0 Å². The number of benzene rings is 1. The van der Waals surface area contributed by atoms with Gasteiger partial charge in [0.1, 0.15) is 5.60 Å². The second kappa shape index (κ2) is 5.89. The van der Waals surface area contributed by atoms with Crippen LogP contribution in [0.15, 0.2) is 24.3 Å². The standard InChI is InChI=1S/C15H23NO2/c1-6-12-7-9-13(10-8-12)11(2)16-14(17)18-15(3,4)5/h7-11H,6H2,1-5H3,(H,16,17). The van der Waals surface area contributed by atoms with Gasteiger partial charge in [0.2, 0.25) is 0 Å². The van der Waals surface area contributed by atoms with Gasteiger partial charge in [-0.25, -0.2) is 4.79 Å². The van der Waals surface area contributed by atoms with E-state index in [0.717, 1.165) is 12.0 Å². The Labute approximate surface area is 110 Å². The van der Waals surface area contributed by atoms with Crippen LogP contribution in [0.5, 0.6) is 0 Å². The highest BCUT2D eigenvalue weighted by atomic mass is 16.6. The Morgan fingerprint density at radius 1 is 1.28 bits per heavy atom. The molecule has 1 N–H and O–H groups in total. The van der Waals surface area contributed by atoms with Gasteiger partial charge in [0.25, 0.3) is 0 Å². The lowest BCUT2D eigenvalue weighted by Crippen LogP contribution is -2.34. The third-order valence-corrected chi connectivity index (χ3v) is 2.62. The van der Waals surface area contributed by atoms with Crippen molar-refractivity contribution in [3.63, 3.8) is 0 Å². The molecule has 3 heteroatoms. The van der Waals surface area contributed by atoms with E-state index in [4.69, 9.17) is 4.74 Å². The number of aryl methyl sites for hydroxylation is 1. The van der Waals surface area contributed by atoms with Crippen LogP contribution in [0.2, 0.25) is 0 Å². The molecule has 1 atom stereocenters. The first-order valence-electron chi connectivity index (χ1n) is 6.40.